The molecular formula is C22H25ClN2O5S. The number of aryl methyl sites for hydroxylation is 1. The van der Waals surface area contributed by atoms with Crippen LogP contribution in [0, 0.1) is 12.8 Å². The average molecular weight is 465 g/mol. The number of hydrogen-bond donors (Lipinski definition) is 1. The molecule has 0 bridgehead atoms. The summed E-state index contributed by atoms with van der Waals surface area (Å²) in [4.78, 5) is 24.7. The molecule has 31 heavy (non-hydrogen) atoms. The summed E-state index contributed by atoms with van der Waals surface area (Å²) < 4.78 is 32.2. The summed E-state index contributed by atoms with van der Waals surface area (Å²) in [5.41, 5.74) is 1.45. The minimum atomic E-state index is -3.73. The number of ether oxygens (including phenoxy) is 1. The number of benzene rings is 2. The van der Waals surface area contributed by atoms with Gasteiger partial charge in [-0.25, -0.2) is 13.2 Å². The van der Waals surface area contributed by atoms with E-state index in [1.165, 1.54) is 35.7 Å². The third-order valence-electron chi connectivity index (χ3n) is 5.47. The van der Waals surface area contributed by atoms with E-state index in [0.717, 1.165) is 18.4 Å². The van der Waals surface area contributed by atoms with Gasteiger partial charge >= 0.3 is 5.97 Å². The summed E-state index contributed by atoms with van der Waals surface area (Å²) in [5, 5.41) is 2.84. The Kier molecular flexibility index (Phi) is 7.03. The monoisotopic (exact) mass is 464 g/mol. The van der Waals surface area contributed by atoms with Crippen molar-refractivity contribution in [3.8, 4) is 0 Å². The molecule has 3 rings (SSSR count). The fraction of sp³-hybridized carbons (Fsp3) is 0.364. The first-order chi connectivity index (χ1) is 14.6. The predicted octanol–water partition coefficient (Wildman–Crippen LogP) is 4.11. The van der Waals surface area contributed by atoms with Crippen LogP contribution in [0.25, 0.3) is 0 Å². The average Bonchev–Trinajstić information content (AvgIpc) is 2.75. The number of hydrogen-bond acceptors (Lipinski definition) is 5. The molecule has 7 nitrogen and oxygen atoms in total. The molecular weight excluding hydrogens is 440 g/mol. The first-order valence-electron chi connectivity index (χ1n) is 9.93. The van der Waals surface area contributed by atoms with Gasteiger partial charge in [0, 0.05) is 18.8 Å². The summed E-state index contributed by atoms with van der Waals surface area (Å²) in [5.74, 6) is -0.612. The number of methoxy groups -OCH3 is 1. The van der Waals surface area contributed by atoms with E-state index >= 15 is 0 Å². The van der Waals surface area contributed by atoms with Crippen LogP contribution in [0.15, 0.2) is 41.3 Å². The second-order valence-corrected chi connectivity index (χ2v) is 10.0. The van der Waals surface area contributed by atoms with E-state index in [1.54, 1.807) is 19.1 Å². The van der Waals surface area contributed by atoms with Gasteiger partial charge in [-0.2, -0.15) is 4.31 Å². The quantitative estimate of drug-likeness (QED) is 0.672. The second-order valence-electron chi connectivity index (χ2n) is 7.70. The molecule has 166 valence electrons. The van der Waals surface area contributed by atoms with Crippen molar-refractivity contribution in [3.05, 3.63) is 58.1 Å². The molecule has 2 aromatic carbocycles. The van der Waals surface area contributed by atoms with Crippen molar-refractivity contribution in [2.24, 2.45) is 5.92 Å². The Morgan fingerprint density at radius 1 is 1.13 bits per heavy atom. The maximum absolute atomic E-state index is 13.0. The molecule has 0 saturated carbocycles. The molecule has 1 aliphatic heterocycles. The van der Waals surface area contributed by atoms with Crippen LogP contribution >= 0.6 is 11.6 Å². The topological polar surface area (TPSA) is 92.8 Å². The summed E-state index contributed by atoms with van der Waals surface area (Å²) in [6.45, 7) is 4.78. The highest BCUT2D eigenvalue weighted by molar-refractivity contribution is 7.89. The number of halogens is 1. The molecule has 1 saturated heterocycles. The Bertz CT molecular complexity index is 1110. The van der Waals surface area contributed by atoms with Crippen LogP contribution in [0.1, 0.15) is 46.0 Å². The maximum atomic E-state index is 13.0. The number of sulfonamides is 1. The van der Waals surface area contributed by atoms with Gasteiger partial charge in [-0.05, 0) is 61.6 Å². The maximum Gasteiger partial charge on any atom is 0.337 e. The van der Waals surface area contributed by atoms with E-state index < -0.39 is 21.9 Å². The Labute approximate surface area is 187 Å². The molecule has 0 spiro atoms. The Morgan fingerprint density at radius 3 is 2.45 bits per heavy atom. The van der Waals surface area contributed by atoms with E-state index in [9.17, 15) is 18.0 Å². The van der Waals surface area contributed by atoms with Crippen molar-refractivity contribution in [2.75, 3.05) is 25.5 Å². The van der Waals surface area contributed by atoms with Crippen LogP contribution in [0.5, 0.6) is 0 Å². The molecule has 1 amide bonds. The van der Waals surface area contributed by atoms with Gasteiger partial charge in [-0.1, -0.05) is 24.6 Å². The number of piperidine rings is 1. The minimum absolute atomic E-state index is 0.0247. The van der Waals surface area contributed by atoms with Gasteiger partial charge in [0.05, 0.1) is 28.2 Å². The molecule has 0 aliphatic carbocycles. The lowest BCUT2D eigenvalue weighted by molar-refractivity contribution is 0.0600. The van der Waals surface area contributed by atoms with Gasteiger partial charge < -0.3 is 10.1 Å². The summed E-state index contributed by atoms with van der Waals surface area (Å²) in [6, 6.07) is 8.90. The molecule has 1 heterocycles. The molecule has 0 unspecified atom stereocenters. The zero-order valence-corrected chi connectivity index (χ0v) is 19.2. The number of esters is 1. The van der Waals surface area contributed by atoms with Crippen molar-refractivity contribution >= 4 is 39.2 Å². The smallest absolute Gasteiger partial charge is 0.337 e. The minimum Gasteiger partial charge on any atom is -0.465 e. The van der Waals surface area contributed by atoms with Gasteiger partial charge in [0.2, 0.25) is 10.0 Å². The lowest BCUT2D eigenvalue weighted by Gasteiger charge is -2.29. The van der Waals surface area contributed by atoms with Crippen molar-refractivity contribution in [3.63, 3.8) is 0 Å². The third-order valence-corrected chi connectivity index (χ3v) is 7.69. The van der Waals surface area contributed by atoms with Crippen LogP contribution in [-0.4, -0.2) is 44.8 Å². The Balaban J connectivity index is 1.88. The normalized spacial score (nSPS) is 15.5. The van der Waals surface area contributed by atoms with E-state index in [4.69, 9.17) is 16.3 Å². The highest BCUT2D eigenvalue weighted by atomic mass is 35.5. The molecule has 0 aromatic heterocycles. The summed E-state index contributed by atoms with van der Waals surface area (Å²) in [6.07, 6.45) is 1.60. The number of nitrogens with one attached hydrogen (secondary N) is 1. The van der Waals surface area contributed by atoms with Crippen molar-refractivity contribution in [1.29, 1.82) is 0 Å². The predicted molar refractivity (Wildman–Crippen MR) is 119 cm³/mol. The van der Waals surface area contributed by atoms with Gasteiger partial charge in [0.1, 0.15) is 0 Å². The molecule has 2 aromatic rings. The zero-order valence-electron chi connectivity index (χ0n) is 17.6. The van der Waals surface area contributed by atoms with E-state index in [1.807, 2.05) is 0 Å². The van der Waals surface area contributed by atoms with Crippen LogP contribution in [-0.2, 0) is 14.8 Å². The van der Waals surface area contributed by atoms with E-state index in [0.29, 0.717) is 24.7 Å². The van der Waals surface area contributed by atoms with Gasteiger partial charge in [0.25, 0.3) is 5.91 Å². The highest BCUT2D eigenvalue weighted by Gasteiger charge is 2.29. The van der Waals surface area contributed by atoms with Crippen molar-refractivity contribution < 1.29 is 22.7 Å². The third kappa shape index (κ3) is 5.08. The lowest BCUT2D eigenvalue weighted by atomic mass is 10.0. The molecule has 0 radical (unpaired) electrons. The summed E-state index contributed by atoms with van der Waals surface area (Å²) >= 11 is 6.21. The van der Waals surface area contributed by atoms with E-state index in [2.05, 4.69) is 12.2 Å². The number of rotatable bonds is 5. The highest BCUT2D eigenvalue weighted by Crippen LogP contribution is 2.27. The lowest BCUT2D eigenvalue weighted by Crippen LogP contribution is -2.37. The molecule has 1 aliphatic rings. The zero-order chi connectivity index (χ0) is 22.8. The largest absolute Gasteiger partial charge is 0.465 e. The SMILES string of the molecule is COC(=O)c1ccc(C)c(NC(=O)c2cc(S(=O)(=O)N3CCC(C)CC3)ccc2Cl)c1. The van der Waals surface area contributed by atoms with Gasteiger partial charge in [-0.3, -0.25) is 4.79 Å². The first-order valence-corrected chi connectivity index (χ1v) is 11.8. The number of carbonyl (C=O) groups excluding carboxylic acids is 2. The number of carbonyl (C=O) groups is 2. The van der Waals surface area contributed by atoms with E-state index in [-0.39, 0.29) is 21.0 Å². The van der Waals surface area contributed by atoms with Crippen molar-refractivity contribution in [1.82, 2.24) is 4.31 Å². The number of nitrogens with zero attached hydrogens (tertiary/aromatic N) is 1. The van der Waals surface area contributed by atoms with Gasteiger partial charge in [-0.15, -0.1) is 0 Å². The number of amides is 1. The van der Waals surface area contributed by atoms with Crippen LogP contribution < -0.4 is 5.32 Å². The standard InChI is InChI=1S/C22H25ClN2O5S/c1-14-8-10-25(11-9-14)31(28,29)17-6-7-19(23)18(13-17)21(26)24-20-12-16(22(27)30-3)5-4-15(20)2/h4-7,12-14H,8-11H2,1-3H3,(H,24,26). The van der Waals surface area contributed by atoms with Crippen LogP contribution in [0.3, 0.4) is 0 Å². The molecule has 9 heteroatoms. The second kappa shape index (κ2) is 9.38. The van der Waals surface area contributed by atoms with Gasteiger partial charge in [0.15, 0.2) is 0 Å². The Morgan fingerprint density at radius 2 is 1.81 bits per heavy atom. The van der Waals surface area contributed by atoms with Crippen LogP contribution in [0.4, 0.5) is 5.69 Å². The molecule has 1 fully saturated rings. The first kappa shape index (κ1) is 23.2. The molecule has 1 N–H and O–H groups in total. The van der Waals surface area contributed by atoms with Crippen LogP contribution in [0.2, 0.25) is 5.02 Å². The van der Waals surface area contributed by atoms with Crippen molar-refractivity contribution in [2.45, 2.75) is 31.6 Å². The fourth-order valence-electron chi connectivity index (χ4n) is 3.40. The molecule has 0 atom stereocenters. The number of anilines is 1. The summed E-state index contributed by atoms with van der Waals surface area (Å²) in [7, 11) is -2.45. The Hall–Kier alpha value is -2.42. The fourth-order valence-corrected chi connectivity index (χ4v) is 5.10.